The van der Waals surface area contributed by atoms with Crippen LogP contribution in [0.15, 0.2) is 23.7 Å². The van der Waals surface area contributed by atoms with E-state index in [0.29, 0.717) is 33.2 Å². The van der Waals surface area contributed by atoms with E-state index in [9.17, 15) is 0 Å². The van der Waals surface area contributed by atoms with Crippen molar-refractivity contribution >= 4 is 51.1 Å². The molecule has 3 rings (SSSR count). The molecule has 0 unspecified atom stereocenters. The minimum Gasteiger partial charge on any atom is -0.436 e. The Balaban J connectivity index is 2.05. The van der Waals surface area contributed by atoms with Crippen LogP contribution in [0.4, 0.5) is 0 Å². The number of hydrogen-bond acceptors (Lipinski definition) is 4. The number of nitrogens with zero attached hydrogens (tertiary/aromatic N) is 2. The first-order valence-corrected chi connectivity index (χ1v) is 7.58. The molecule has 0 bridgehead atoms. The second kappa shape index (κ2) is 5.42. The summed E-state index contributed by atoms with van der Waals surface area (Å²) in [6, 6.07) is 3.08. The number of rotatable bonds is 3. The van der Waals surface area contributed by atoms with Crippen LogP contribution in [-0.4, -0.2) is 9.38 Å². The van der Waals surface area contributed by atoms with Crippen LogP contribution in [0.3, 0.4) is 0 Å². The number of nitrogens with two attached hydrogens (primary N) is 1. The van der Waals surface area contributed by atoms with Gasteiger partial charge in [-0.25, -0.2) is 0 Å². The summed E-state index contributed by atoms with van der Waals surface area (Å²) in [6.45, 7) is 0.298. The molecule has 0 spiro atoms. The predicted molar refractivity (Wildman–Crippen MR) is 82.5 cm³/mol. The summed E-state index contributed by atoms with van der Waals surface area (Å²) in [5.74, 6) is 0.807. The van der Waals surface area contributed by atoms with Crippen LogP contribution in [0.2, 0.25) is 15.1 Å². The Hall–Kier alpha value is -0.980. The summed E-state index contributed by atoms with van der Waals surface area (Å²) in [4.78, 5) is 5.18. The number of fused-ring (bicyclic) bond motifs is 1. The van der Waals surface area contributed by atoms with E-state index < -0.39 is 0 Å². The summed E-state index contributed by atoms with van der Waals surface area (Å²) in [7, 11) is 0. The van der Waals surface area contributed by atoms with Crippen molar-refractivity contribution in [1.82, 2.24) is 9.38 Å². The molecule has 2 N–H and O–H groups in total. The molecule has 0 saturated heterocycles. The number of aromatic nitrogens is 2. The highest BCUT2D eigenvalue weighted by Gasteiger charge is 2.16. The van der Waals surface area contributed by atoms with E-state index in [1.165, 1.54) is 17.4 Å². The number of hydrogen-bond donors (Lipinski definition) is 1. The molecule has 0 amide bonds. The zero-order valence-corrected chi connectivity index (χ0v) is 13.0. The van der Waals surface area contributed by atoms with Crippen LogP contribution in [0.25, 0.3) is 4.96 Å². The van der Waals surface area contributed by atoms with Crippen LogP contribution in [0.5, 0.6) is 11.6 Å². The number of benzene rings is 1. The van der Waals surface area contributed by atoms with Crippen molar-refractivity contribution in [1.29, 1.82) is 0 Å². The largest absolute Gasteiger partial charge is 0.436 e. The summed E-state index contributed by atoms with van der Waals surface area (Å²) in [5.41, 5.74) is 6.52. The minimum atomic E-state index is 0.298. The molecule has 4 nitrogen and oxygen atoms in total. The van der Waals surface area contributed by atoms with Crippen LogP contribution in [0, 0.1) is 0 Å². The summed E-state index contributed by atoms with van der Waals surface area (Å²) < 4.78 is 7.61. The van der Waals surface area contributed by atoms with Gasteiger partial charge < -0.3 is 10.5 Å². The fourth-order valence-electron chi connectivity index (χ4n) is 1.77. The fourth-order valence-corrected chi connectivity index (χ4v) is 3.07. The lowest BCUT2D eigenvalue weighted by Gasteiger charge is -2.08. The molecule has 0 atom stereocenters. The SMILES string of the molecule is NCc1c(Oc2cc(Cl)c(Cl)cc2Cl)nc2sccn12. The van der Waals surface area contributed by atoms with E-state index in [0.717, 1.165) is 10.7 Å². The van der Waals surface area contributed by atoms with Gasteiger partial charge in [-0.15, -0.1) is 11.3 Å². The van der Waals surface area contributed by atoms with Crippen molar-refractivity contribution in [3.05, 3.63) is 44.5 Å². The Labute approximate surface area is 133 Å². The van der Waals surface area contributed by atoms with Gasteiger partial charge in [-0.1, -0.05) is 34.8 Å². The first-order valence-electron chi connectivity index (χ1n) is 5.57. The van der Waals surface area contributed by atoms with E-state index in [1.54, 1.807) is 6.07 Å². The minimum absolute atomic E-state index is 0.298. The van der Waals surface area contributed by atoms with Gasteiger partial charge in [-0.05, 0) is 6.07 Å². The lowest BCUT2D eigenvalue weighted by atomic mass is 10.3. The Bertz CT molecular complexity index is 784. The normalized spacial score (nSPS) is 11.2. The van der Waals surface area contributed by atoms with Gasteiger partial charge in [0.15, 0.2) is 4.96 Å². The van der Waals surface area contributed by atoms with E-state index in [2.05, 4.69) is 4.98 Å². The van der Waals surface area contributed by atoms with Crippen molar-refractivity contribution in [2.24, 2.45) is 5.73 Å². The molecule has 2 aromatic heterocycles. The molecule has 8 heteroatoms. The molecule has 0 saturated carbocycles. The average Bonchev–Trinajstić information content (AvgIpc) is 2.96. The molecule has 3 aromatic rings. The molecule has 2 heterocycles. The summed E-state index contributed by atoms with van der Waals surface area (Å²) in [5, 5.41) is 3.02. The number of ether oxygens (including phenoxy) is 1. The number of thiazole rings is 1. The highest BCUT2D eigenvalue weighted by molar-refractivity contribution is 7.15. The van der Waals surface area contributed by atoms with Crippen molar-refractivity contribution in [2.75, 3.05) is 0 Å². The maximum atomic E-state index is 6.09. The fraction of sp³-hybridized carbons (Fsp3) is 0.0833. The predicted octanol–water partition coefficient (Wildman–Crippen LogP) is 4.61. The Kier molecular flexibility index (Phi) is 3.79. The second-order valence-electron chi connectivity index (χ2n) is 3.92. The quantitative estimate of drug-likeness (QED) is 0.703. The Morgan fingerprint density at radius 1 is 1.20 bits per heavy atom. The van der Waals surface area contributed by atoms with E-state index in [-0.39, 0.29) is 0 Å². The Morgan fingerprint density at radius 3 is 2.70 bits per heavy atom. The molecule has 0 aliphatic carbocycles. The molecule has 0 aliphatic rings. The highest BCUT2D eigenvalue weighted by atomic mass is 35.5. The number of imidazole rings is 1. The van der Waals surface area contributed by atoms with E-state index >= 15 is 0 Å². The second-order valence-corrected chi connectivity index (χ2v) is 6.02. The molecule has 20 heavy (non-hydrogen) atoms. The lowest BCUT2D eigenvalue weighted by molar-refractivity contribution is 0.459. The van der Waals surface area contributed by atoms with Gasteiger partial charge >= 0.3 is 0 Å². The van der Waals surface area contributed by atoms with Gasteiger partial charge in [0.05, 0.1) is 15.1 Å². The van der Waals surface area contributed by atoms with Crippen molar-refractivity contribution in [3.8, 4) is 11.6 Å². The van der Waals surface area contributed by atoms with Gasteiger partial charge in [-0.3, -0.25) is 4.40 Å². The van der Waals surface area contributed by atoms with Gasteiger partial charge in [0, 0.05) is 24.2 Å². The third kappa shape index (κ3) is 2.36. The Morgan fingerprint density at radius 2 is 1.95 bits per heavy atom. The topological polar surface area (TPSA) is 52.5 Å². The first-order chi connectivity index (χ1) is 9.60. The van der Waals surface area contributed by atoms with E-state index in [4.69, 9.17) is 45.3 Å². The van der Waals surface area contributed by atoms with Gasteiger partial charge in [0.2, 0.25) is 5.88 Å². The zero-order chi connectivity index (χ0) is 14.3. The zero-order valence-electron chi connectivity index (χ0n) is 9.94. The van der Waals surface area contributed by atoms with Gasteiger partial charge in [0.1, 0.15) is 11.4 Å². The van der Waals surface area contributed by atoms with Crippen LogP contribution in [-0.2, 0) is 6.54 Å². The van der Waals surface area contributed by atoms with Gasteiger partial charge in [0.25, 0.3) is 0 Å². The monoisotopic (exact) mass is 347 g/mol. The molecular formula is C12H8Cl3N3OS. The molecule has 0 aliphatic heterocycles. The molecule has 0 fully saturated rings. The van der Waals surface area contributed by atoms with Gasteiger partial charge in [-0.2, -0.15) is 4.98 Å². The third-order valence-corrected chi connectivity index (χ3v) is 4.47. The maximum Gasteiger partial charge on any atom is 0.243 e. The summed E-state index contributed by atoms with van der Waals surface area (Å²) >= 11 is 19.4. The van der Waals surface area contributed by atoms with Crippen molar-refractivity contribution < 1.29 is 4.74 Å². The average molecular weight is 349 g/mol. The molecular weight excluding hydrogens is 341 g/mol. The van der Waals surface area contributed by atoms with Crippen molar-refractivity contribution in [2.45, 2.75) is 6.54 Å². The van der Waals surface area contributed by atoms with Crippen molar-refractivity contribution in [3.63, 3.8) is 0 Å². The standard InChI is InChI=1S/C12H8Cl3N3OS/c13-6-3-8(15)10(4-7(6)14)19-11-9(5-16)18-1-2-20-12(18)17-11/h1-4H,5,16H2. The van der Waals surface area contributed by atoms with Crippen LogP contribution < -0.4 is 10.5 Å². The van der Waals surface area contributed by atoms with Crippen LogP contribution in [0.1, 0.15) is 5.69 Å². The molecule has 0 radical (unpaired) electrons. The molecule has 104 valence electrons. The summed E-state index contributed by atoms with van der Waals surface area (Å²) in [6.07, 6.45) is 1.89. The maximum absolute atomic E-state index is 6.09. The number of halogens is 3. The highest BCUT2D eigenvalue weighted by Crippen LogP contribution is 2.37. The van der Waals surface area contributed by atoms with Crippen LogP contribution >= 0.6 is 46.1 Å². The van der Waals surface area contributed by atoms with E-state index in [1.807, 2.05) is 16.0 Å². The smallest absolute Gasteiger partial charge is 0.243 e. The lowest BCUT2D eigenvalue weighted by Crippen LogP contribution is -2.01. The first kappa shape index (κ1) is 14.0. The molecule has 1 aromatic carbocycles. The third-order valence-electron chi connectivity index (χ3n) is 2.70.